The van der Waals surface area contributed by atoms with Gasteiger partial charge in [0.2, 0.25) is 5.91 Å². The summed E-state index contributed by atoms with van der Waals surface area (Å²) in [6, 6.07) is 10.6. The van der Waals surface area contributed by atoms with Gasteiger partial charge in [0, 0.05) is 13.1 Å². The molecule has 0 bridgehead atoms. The van der Waals surface area contributed by atoms with Gasteiger partial charge in [-0.1, -0.05) is 12.1 Å². The van der Waals surface area contributed by atoms with Crippen LogP contribution in [0.3, 0.4) is 0 Å². The number of carbonyl (C=O) groups excluding carboxylic acids is 2. The van der Waals surface area contributed by atoms with Crippen LogP contribution in [0.15, 0.2) is 51.9 Å². The molecule has 162 valence electrons. The van der Waals surface area contributed by atoms with Gasteiger partial charge in [0.1, 0.15) is 17.7 Å². The van der Waals surface area contributed by atoms with Crippen LogP contribution in [0.4, 0.5) is 0 Å². The highest BCUT2D eigenvalue weighted by Crippen LogP contribution is 2.10. The van der Waals surface area contributed by atoms with E-state index in [0.29, 0.717) is 48.7 Å². The van der Waals surface area contributed by atoms with Crippen molar-refractivity contribution in [2.75, 3.05) is 26.2 Å². The molecule has 1 atom stereocenters. The second-order valence-corrected chi connectivity index (χ2v) is 7.20. The highest BCUT2D eigenvalue weighted by Gasteiger charge is 2.27. The number of aromatic nitrogens is 2. The van der Waals surface area contributed by atoms with Crippen molar-refractivity contribution in [3.8, 4) is 0 Å². The normalized spacial score (nSPS) is 16.8. The molecule has 2 amide bonds. The zero-order valence-corrected chi connectivity index (χ0v) is 16.8. The largest absolute Gasteiger partial charge is 0.467 e. The maximum Gasteiger partial charge on any atom is 0.258 e. The van der Waals surface area contributed by atoms with Gasteiger partial charge in [0.05, 0.1) is 43.4 Å². The van der Waals surface area contributed by atoms with Crippen molar-refractivity contribution in [3.05, 3.63) is 64.6 Å². The summed E-state index contributed by atoms with van der Waals surface area (Å²) in [5.41, 5.74) is 0.438. The third-order valence-electron chi connectivity index (χ3n) is 4.94. The zero-order chi connectivity index (χ0) is 21.6. The Hall–Kier alpha value is -3.50. The van der Waals surface area contributed by atoms with E-state index in [1.54, 1.807) is 30.3 Å². The van der Waals surface area contributed by atoms with Crippen LogP contribution in [0.1, 0.15) is 11.6 Å². The second-order valence-electron chi connectivity index (χ2n) is 7.20. The number of nitrogens with zero attached hydrogens (tertiary/aromatic N) is 2. The third-order valence-corrected chi connectivity index (χ3v) is 4.94. The van der Waals surface area contributed by atoms with Crippen LogP contribution >= 0.6 is 0 Å². The minimum absolute atomic E-state index is 0.154. The molecule has 3 aromatic rings. The van der Waals surface area contributed by atoms with E-state index in [4.69, 9.17) is 9.15 Å². The predicted molar refractivity (Wildman–Crippen MR) is 111 cm³/mol. The van der Waals surface area contributed by atoms with Gasteiger partial charge in [-0.3, -0.25) is 19.3 Å². The number of fused-ring (bicyclic) bond motifs is 1. The van der Waals surface area contributed by atoms with E-state index in [9.17, 15) is 14.4 Å². The molecule has 31 heavy (non-hydrogen) atoms. The zero-order valence-electron chi connectivity index (χ0n) is 16.8. The Bertz CT molecular complexity index is 1110. The van der Waals surface area contributed by atoms with Gasteiger partial charge in [-0.05, 0) is 24.3 Å². The Kier molecular flexibility index (Phi) is 6.39. The van der Waals surface area contributed by atoms with Crippen LogP contribution in [-0.4, -0.2) is 59.0 Å². The number of hydrogen-bond acceptors (Lipinski definition) is 7. The first-order chi connectivity index (χ1) is 15.1. The van der Waals surface area contributed by atoms with Crippen LogP contribution in [0.5, 0.6) is 0 Å². The lowest BCUT2D eigenvalue weighted by Gasteiger charge is -2.31. The van der Waals surface area contributed by atoms with Crippen molar-refractivity contribution >= 4 is 22.7 Å². The summed E-state index contributed by atoms with van der Waals surface area (Å²) in [6.45, 7) is 1.78. The van der Waals surface area contributed by atoms with Crippen molar-refractivity contribution in [2.45, 2.75) is 19.2 Å². The van der Waals surface area contributed by atoms with E-state index in [1.165, 1.54) is 6.26 Å². The van der Waals surface area contributed by atoms with Crippen LogP contribution in [0.25, 0.3) is 10.9 Å². The minimum atomic E-state index is -0.709. The Balaban J connectivity index is 1.28. The number of nitrogens with one attached hydrogen (secondary N) is 3. The van der Waals surface area contributed by atoms with Gasteiger partial charge < -0.3 is 24.8 Å². The van der Waals surface area contributed by atoms with Crippen molar-refractivity contribution in [3.63, 3.8) is 0 Å². The molecular formula is C21H23N5O5. The fourth-order valence-corrected chi connectivity index (χ4v) is 3.37. The van der Waals surface area contributed by atoms with Gasteiger partial charge in [-0.15, -0.1) is 0 Å². The molecule has 10 nitrogen and oxygen atoms in total. The molecule has 1 aromatic carbocycles. The van der Waals surface area contributed by atoms with Gasteiger partial charge in [0.25, 0.3) is 11.5 Å². The molecule has 0 unspecified atom stereocenters. The molecule has 0 spiro atoms. The van der Waals surface area contributed by atoms with Crippen molar-refractivity contribution < 1.29 is 18.7 Å². The first-order valence-electron chi connectivity index (χ1n) is 9.97. The second kappa shape index (κ2) is 9.54. The van der Waals surface area contributed by atoms with Crippen molar-refractivity contribution in [1.82, 2.24) is 25.5 Å². The molecule has 0 radical (unpaired) electrons. The summed E-state index contributed by atoms with van der Waals surface area (Å²) in [4.78, 5) is 45.9. The van der Waals surface area contributed by atoms with E-state index in [-0.39, 0.29) is 30.5 Å². The maximum absolute atomic E-state index is 12.4. The average Bonchev–Trinajstić information content (AvgIpc) is 3.30. The SMILES string of the molecule is O=C(CNC(=O)[C@H]1CN(Cc2nc3ccccc3c(=O)[nH]2)CCO1)NCc1ccco1. The topological polar surface area (TPSA) is 130 Å². The van der Waals surface area contributed by atoms with Crippen LogP contribution in [0, 0.1) is 0 Å². The summed E-state index contributed by atoms with van der Waals surface area (Å²) in [5, 5.41) is 5.80. The molecule has 3 heterocycles. The van der Waals surface area contributed by atoms with Gasteiger partial charge in [-0.2, -0.15) is 0 Å². The predicted octanol–water partition coefficient (Wildman–Crippen LogP) is 0.150. The quantitative estimate of drug-likeness (QED) is 0.491. The smallest absolute Gasteiger partial charge is 0.258 e. The minimum Gasteiger partial charge on any atom is -0.467 e. The highest BCUT2D eigenvalue weighted by molar-refractivity contribution is 5.87. The first kappa shape index (κ1) is 20.8. The van der Waals surface area contributed by atoms with Crippen molar-refractivity contribution in [1.29, 1.82) is 0 Å². The number of ether oxygens (including phenoxy) is 1. The lowest BCUT2D eigenvalue weighted by molar-refractivity contribution is -0.140. The molecule has 1 aliphatic heterocycles. The lowest BCUT2D eigenvalue weighted by Crippen LogP contribution is -2.51. The monoisotopic (exact) mass is 425 g/mol. The lowest BCUT2D eigenvalue weighted by atomic mass is 10.2. The molecule has 2 aromatic heterocycles. The Morgan fingerprint density at radius 3 is 2.90 bits per heavy atom. The molecule has 10 heteroatoms. The molecule has 3 N–H and O–H groups in total. The van der Waals surface area contributed by atoms with Crippen molar-refractivity contribution in [2.24, 2.45) is 0 Å². The summed E-state index contributed by atoms with van der Waals surface area (Å²) < 4.78 is 10.7. The van der Waals surface area contributed by atoms with Crippen LogP contribution < -0.4 is 16.2 Å². The number of morpholine rings is 1. The summed E-state index contributed by atoms with van der Waals surface area (Å²) in [5.74, 6) is 0.474. The number of carbonyl (C=O) groups is 2. The molecule has 0 saturated carbocycles. The van der Waals surface area contributed by atoms with Gasteiger partial charge in [-0.25, -0.2) is 4.98 Å². The number of H-pyrrole nitrogens is 1. The molecule has 1 saturated heterocycles. The summed E-state index contributed by atoms with van der Waals surface area (Å²) in [7, 11) is 0. The van der Waals surface area contributed by atoms with E-state index in [1.807, 2.05) is 11.0 Å². The van der Waals surface area contributed by atoms with Crippen LogP contribution in [-0.2, 0) is 27.4 Å². The van der Waals surface area contributed by atoms with E-state index >= 15 is 0 Å². The number of aromatic amines is 1. The fourth-order valence-electron chi connectivity index (χ4n) is 3.37. The Morgan fingerprint density at radius 2 is 2.06 bits per heavy atom. The van der Waals surface area contributed by atoms with Gasteiger partial charge in [0.15, 0.2) is 0 Å². The Morgan fingerprint density at radius 1 is 1.19 bits per heavy atom. The highest BCUT2D eigenvalue weighted by atomic mass is 16.5. The number of para-hydroxylation sites is 1. The molecular weight excluding hydrogens is 402 g/mol. The summed E-state index contributed by atoms with van der Waals surface area (Å²) >= 11 is 0. The van der Waals surface area contributed by atoms with E-state index < -0.39 is 6.10 Å². The molecule has 1 fully saturated rings. The Labute approximate surface area is 177 Å². The number of hydrogen-bond donors (Lipinski definition) is 3. The summed E-state index contributed by atoms with van der Waals surface area (Å²) in [6.07, 6.45) is 0.817. The third kappa shape index (κ3) is 5.36. The number of amides is 2. The average molecular weight is 425 g/mol. The standard InChI is InChI=1S/C21H23N5O5/c27-19(22-10-14-4-3-8-30-14)11-23-21(29)17-12-26(7-9-31-17)13-18-24-16-6-2-1-5-15(16)20(28)25-18/h1-6,8,17H,7,9-13H2,(H,22,27)(H,23,29)(H,24,25,28)/t17-/m1/s1. The first-order valence-corrected chi connectivity index (χ1v) is 9.97. The maximum atomic E-state index is 12.4. The molecule has 0 aliphatic carbocycles. The molecule has 1 aliphatic rings. The van der Waals surface area contributed by atoms with Gasteiger partial charge >= 0.3 is 0 Å². The van der Waals surface area contributed by atoms with E-state index in [2.05, 4.69) is 20.6 Å². The van der Waals surface area contributed by atoms with E-state index in [0.717, 1.165) is 0 Å². The number of rotatable bonds is 7. The number of furan rings is 1. The number of benzene rings is 1. The van der Waals surface area contributed by atoms with Crippen LogP contribution in [0.2, 0.25) is 0 Å². The molecule has 4 rings (SSSR count). The fraction of sp³-hybridized carbons (Fsp3) is 0.333.